The molecule has 14 heteroatoms. The number of nitrogens with zero attached hydrogens (tertiary/aromatic N) is 8. The molecule has 0 saturated carbocycles. The highest BCUT2D eigenvalue weighted by molar-refractivity contribution is 5.91. The molecule has 0 aromatic carbocycles. The van der Waals surface area contributed by atoms with Crippen LogP contribution in [0.1, 0.15) is 40.4 Å². The fourth-order valence-corrected chi connectivity index (χ4v) is 4.22. The zero-order valence-electron chi connectivity index (χ0n) is 20.9. The van der Waals surface area contributed by atoms with E-state index < -0.39 is 17.8 Å². The van der Waals surface area contributed by atoms with Crippen molar-refractivity contribution >= 4 is 28.8 Å². The molecule has 39 heavy (non-hydrogen) atoms. The maximum absolute atomic E-state index is 13.0. The fourth-order valence-electron chi connectivity index (χ4n) is 4.22. The molecule has 1 aliphatic heterocycles. The molecule has 1 aliphatic rings. The zero-order valence-corrected chi connectivity index (χ0v) is 20.9. The number of aryl methyl sites for hydroxylation is 1. The van der Waals surface area contributed by atoms with Gasteiger partial charge in [-0.05, 0) is 56.2 Å². The lowest BCUT2D eigenvalue weighted by Gasteiger charge is -2.17. The summed E-state index contributed by atoms with van der Waals surface area (Å²) in [6, 6.07) is 12.5. The number of nitrogens with two attached hydrogens (primary N) is 1. The number of fused-ring (bicyclic) bond motifs is 2. The van der Waals surface area contributed by atoms with Gasteiger partial charge >= 0.3 is 6.18 Å². The van der Waals surface area contributed by atoms with Gasteiger partial charge in [-0.25, -0.2) is 24.0 Å². The maximum Gasteiger partial charge on any atom is 0.435 e. The molecule has 202 valence electrons. The lowest BCUT2D eigenvalue weighted by molar-refractivity contribution is -0.141. The summed E-state index contributed by atoms with van der Waals surface area (Å²) in [6.07, 6.45) is 0.971. The SMILES string of the molecule is Cc1c(C(F)(F)F)nc2ccc(NCc3cccc(N4CCCC4)n3)nn12.NC(=O)c1cn2ncccc2n1. The van der Waals surface area contributed by atoms with Crippen molar-refractivity contribution < 1.29 is 18.0 Å². The number of nitrogens with one attached hydrogen (secondary N) is 1. The van der Waals surface area contributed by atoms with Crippen LogP contribution in [0.25, 0.3) is 11.3 Å². The topological polar surface area (TPSA) is 132 Å². The van der Waals surface area contributed by atoms with Crippen LogP contribution in [0.5, 0.6) is 0 Å². The zero-order chi connectivity index (χ0) is 27.6. The first-order chi connectivity index (χ1) is 18.7. The third-order valence-corrected chi connectivity index (χ3v) is 6.13. The molecule has 3 N–H and O–H groups in total. The fraction of sp³-hybridized carbons (Fsp3) is 0.280. The molecule has 11 nitrogen and oxygen atoms in total. The summed E-state index contributed by atoms with van der Waals surface area (Å²) in [4.78, 5) is 25.2. The van der Waals surface area contributed by atoms with Gasteiger partial charge in [0.1, 0.15) is 17.3 Å². The second kappa shape index (κ2) is 10.6. The molecule has 5 aromatic rings. The Kier molecular flexibility index (Phi) is 7.00. The van der Waals surface area contributed by atoms with Gasteiger partial charge < -0.3 is 16.0 Å². The highest BCUT2D eigenvalue weighted by Gasteiger charge is 2.36. The lowest BCUT2D eigenvalue weighted by Crippen LogP contribution is -2.19. The molecular weight excluding hydrogens is 513 g/mol. The minimum atomic E-state index is -4.49. The summed E-state index contributed by atoms with van der Waals surface area (Å²) in [5, 5.41) is 11.3. The van der Waals surface area contributed by atoms with Crippen LogP contribution in [-0.4, -0.2) is 53.2 Å². The minimum absolute atomic E-state index is 0.0321. The van der Waals surface area contributed by atoms with E-state index in [9.17, 15) is 18.0 Å². The van der Waals surface area contributed by atoms with Crippen molar-refractivity contribution in [2.45, 2.75) is 32.5 Å². The number of hydrogen-bond donors (Lipinski definition) is 2. The summed E-state index contributed by atoms with van der Waals surface area (Å²) in [7, 11) is 0. The van der Waals surface area contributed by atoms with Crippen LogP contribution in [0.4, 0.5) is 24.8 Å². The van der Waals surface area contributed by atoms with E-state index in [1.54, 1.807) is 24.4 Å². The molecule has 0 bridgehead atoms. The molecule has 0 atom stereocenters. The number of halogens is 3. The average Bonchev–Trinajstić information content (AvgIpc) is 3.67. The number of hydrogen-bond acceptors (Lipinski definition) is 8. The van der Waals surface area contributed by atoms with Crippen molar-refractivity contribution in [2.24, 2.45) is 5.73 Å². The Morgan fingerprint density at radius 2 is 1.82 bits per heavy atom. The van der Waals surface area contributed by atoms with Crippen LogP contribution in [0.3, 0.4) is 0 Å². The van der Waals surface area contributed by atoms with Gasteiger partial charge in [0.15, 0.2) is 17.0 Å². The van der Waals surface area contributed by atoms with Crippen molar-refractivity contribution in [3.8, 4) is 0 Å². The van der Waals surface area contributed by atoms with Crippen LogP contribution in [-0.2, 0) is 12.7 Å². The number of carbonyl (C=O) groups excluding carboxylic acids is 1. The summed E-state index contributed by atoms with van der Waals surface area (Å²) in [6.45, 7) is 3.83. The monoisotopic (exact) mass is 538 g/mol. The summed E-state index contributed by atoms with van der Waals surface area (Å²) in [5.74, 6) is 0.876. The van der Waals surface area contributed by atoms with Gasteiger partial charge in [0.05, 0.1) is 24.1 Å². The summed E-state index contributed by atoms with van der Waals surface area (Å²) >= 11 is 0. The normalized spacial score (nSPS) is 13.5. The quantitative estimate of drug-likeness (QED) is 0.348. The van der Waals surface area contributed by atoms with Gasteiger partial charge in [-0.1, -0.05) is 6.07 Å². The van der Waals surface area contributed by atoms with Crippen molar-refractivity contribution in [3.63, 3.8) is 0 Å². The Labute approximate surface area is 220 Å². The van der Waals surface area contributed by atoms with E-state index in [1.165, 1.54) is 41.1 Å². The second-order valence-corrected chi connectivity index (χ2v) is 8.88. The van der Waals surface area contributed by atoms with Crippen LogP contribution in [0.15, 0.2) is 54.9 Å². The number of anilines is 2. The van der Waals surface area contributed by atoms with E-state index in [0.717, 1.165) is 24.6 Å². The van der Waals surface area contributed by atoms with Gasteiger partial charge in [0.2, 0.25) is 0 Å². The number of carbonyl (C=O) groups is 1. The van der Waals surface area contributed by atoms with Crippen LogP contribution < -0.4 is 16.0 Å². The molecule has 0 spiro atoms. The van der Waals surface area contributed by atoms with E-state index in [-0.39, 0.29) is 17.0 Å². The molecule has 6 rings (SSSR count). The van der Waals surface area contributed by atoms with Crippen molar-refractivity contribution in [1.82, 2.24) is 34.2 Å². The maximum atomic E-state index is 13.0. The number of rotatable bonds is 5. The Morgan fingerprint density at radius 1 is 1.03 bits per heavy atom. The standard InChI is InChI=1S/C18H19F3N6.C7H6N4O/c1-12-17(18(19,20)21)24-16-8-7-14(25-27(12)16)22-11-13-5-4-6-15(23-13)26-9-2-3-10-26;8-7(12)5-4-11-6(10-5)2-1-3-9-11/h4-8H,2-3,9-11H2,1H3,(H,22,25);1-4H,(H2,8,12). The lowest BCUT2D eigenvalue weighted by atomic mass is 10.3. The first-order valence-corrected chi connectivity index (χ1v) is 12.2. The van der Waals surface area contributed by atoms with E-state index in [2.05, 4.69) is 35.4 Å². The molecule has 0 unspecified atom stereocenters. The smallest absolute Gasteiger partial charge is 0.364 e. The number of primary amides is 1. The molecule has 5 aromatic heterocycles. The van der Waals surface area contributed by atoms with Gasteiger partial charge in [-0.3, -0.25) is 4.79 Å². The first kappa shape index (κ1) is 25.9. The predicted molar refractivity (Wildman–Crippen MR) is 137 cm³/mol. The van der Waals surface area contributed by atoms with Gasteiger partial charge in [-0.2, -0.15) is 18.3 Å². The Hall–Kier alpha value is -4.75. The molecule has 1 amide bonds. The van der Waals surface area contributed by atoms with Crippen molar-refractivity contribution in [2.75, 3.05) is 23.3 Å². The summed E-state index contributed by atoms with van der Waals surface area (Å²) < 4.78 is 41.7. The van der Waals surface area contributed by atoms with Crippen molar-refractivity contribution in [1.29, 1.82) is 0 Å². The highest BCUT2D eigenvalue weighted by atomic mass is 19.4. The minimum Gasteiger partial charge on any atom is -0.364 e. The molecule has 6 heterocycles. The molecule has 1 fully saturated rings. The average molecular weight is 539 g/mol. The van der Waals surface area contributed by atoms with Gasteiger partial charge in [0, 0.05) is 19.3 Å². The second-order valence-electron chi connectivity index (χ2n) is 8.88. The van der Waals surface area contributed by atoms with E-state index >= 15 is 0 Å². The molecular formula is C25H25F3N10O. The van der Waals surface area contributed by atoms with E-state index in [0.29, 0.717) is 18.0 Å². The third kappa shape index (κ3) is 5.73. The van der Waals surface area contributed by atoms with Crippen LogP contribution in [0, 0.1) is 6.92 Å². The van der Waals surface area contributed by atoms with Crippen LogP contribution >= 0.6 is 0 Å². The number of alkyl halides is 3. The highest BCUT2D eigenvalue weighted by Crippen LogP contribution is 2.31. The van der Waals surface area contributed by atoms with E-state index in [1.807, 2.05) is 18.2 Å². The Balaban J connectivity index is 0.000000214. The first-order valence-electron chi connectivity index (χ1n) is 12.2. The molecule has 0 radical (unpaired) electrons. The number of imidazole rings is 2. The van der Waals surface area contributed by atoms with Crippen LogP contribution in [0.2, 0.25) is 0 Å². The number of pyridine rings is 1. The summed E-state index contributed by atoms with van der Waals surface area (Å²) in [5.41, 5.74) is 5.95. The third-order valence-electron chi connectivity index (χ3n) is 6.13. The van der Waals surface area contributed by atoms with Crippen molar-refractivity contribution in [3.05, 3.63) is 77.6 Å². The molecule has 0 aliphatic carbocycles. The van der Waals surface area contributed by atoms with Gasteiger partial charge in [0.25, 0.3) is 5.91 Å². The Morgan fingerprint density at radius 3 is 2.54 bits per heavy atom. The number of amides is 1. The number of aromatic nitrogens is 7. The Bertz CT molecular complexity index is 1590. The predicted octanol–water partition coefficient (Wildman–Crippen LogP) is 3.49. The van der Waals surface area contributed by atoms with Gasteiger partial charge in [-0.15, -0.1) is 5.10 Å². The largest absolute Gasteiger partial charge is 0.435 e. The van der Waals surface area contributed by atoms with E-state index in [4.69, 9.17) is 5.73 Å². The molecule has 1 saturated heterocycles.